The van der Waals surface area contributed by atoms with E-state index in [-0.39, 0.29) is 0 Å². The van der Waals surface area contributed by atoms with Crippen LogP contribution < -0.4 is 5.32 Å². The van der Waals surface area contributed by atoms with Crippen LogP contribution in [0.2, 0.25) is 0 Å². The first-order valence-electron chi connectivity index (χ1n) is 5.98. The fourth-order valence-corrected chi connectivity index (χ4v) is 2.22. The Kier molecular flexibility index (Phi) is 3.14. The van der Waals surface area contributed by atoms with E-state index in [9.17, 15) is 0 Å². The molecule has 0 fully saturated rings. The van der Waals surface area contributed by atoms with Crippen molar-refractivity contribution in [3.63, 3.8) is 0 Å². The van der Waals surface area contributed by atoms with Gasteiger partial charge in [0.15, 0.2) is 0 Å². The van der Waals surface area contributed by atoms with Crippen LogP contribution in [0.25, 0.3) is 0 Å². The molecule has 0 bridgehead atoms. The van der Waals surface area contributed by atoms with Gasteiger partial charge in [0.2, 0.25) is 0 Å². The monoisotopic (exact) mass is 213 g/mol. The van der Waals surface area contributed by atoms with Crippen LogP contribution in [0.4, 0.5) is 0 Å². The van der Waals surface area contributed by atoms with Gasteiger partial charge in [0.1, 0.15) is 0 Å². The Hall–Kier alpha value is -1.50. The van der Waals surface area contributed by atoms with E-state index in [1.165, 1.54) is 22.4 Å². The van der Waals surface area contributed by atoms with Gasteiger partial charge in [-0.15, -0.1) is 0 Å². The Balaban J connectivity index is 2.48. The Bertz CT molecular complexity index is 426. The van der Waals surface area contributed by atoms with Gasteiger partial charge in [-0.3, -0.25) is 0 Å². The first kappa shape index (κ1) is 11.0. The summed E-state index contributed by atoms with van der Waals surface area (Å²) in [5.41, 5.74) is 6.33. The van der Waals surface area contributed by atoms with Crippen molar-refractivity contribution in [2.24, 2.45) is 0 Å². The zero-order valence-electron chi connectivity index (χ0n) is 10.1. The molecular formula is C15H19N. The summed E-state index contributed by atoms with van der Waals surface area (Å²) < 4.78 is 0. The molecule has 0 saturated heterocycles. The molecule has 0 aromatic heterocycles. The summed E-state index contributed by atoms with van der Waals surface area (Å²) in [6.45, 7) is 8.30. The van der Waals surface area contributed by atoms with Crippen molar-refractivity contribution in [2.45, 2.75) is 33.1 Å². The van der Waals surface area contributed by atoms with Crippen molar-refractivity contribution in [2.75, 3.05) is 0 Å². The van der Waals surface area contributed by atoms with E-state index in [0.717, 1.165) is 24.8 Å². The van der Waals surface area contributed by atoms with Crippen molar-refractivity contribution < 1.29 is 0 Å². The van der Waals surface area contributed by atoms with E-state index < -0.39 is 0 Å². The molecule has 1 heterocycles. The van der Waals surface area contributed by atoms with Gasteiger partial charge in [0.25, 0.3) is 0 Å². The molecule has 0 aromatic carbocycles. The topological polar surface area (TPSA) is 12.0 Å². The zero-order valence-corrected chi connectivity index (χ0v) is 10.1. The Morgan fingerprint density at radius 3 is 2.88 bits per heavy atom. The third-order valence-corrected chi connectivity index (χ3v) is 2.97. The second-order valence-corrected chi connectivity index (χ2v) is 4.32. The molecule has 1 heteroatoms. The van der Waals surface area contributed by atoms with Gasteiger partial charge in [-0.2, -0.15) is 0 Å². The summed E-state index contributed by atoms with van der Waals surface area (Å²) in [6.07, 6.45) is 12.3. The molecule has 1 N–H and O–H groups in total. The van der Waals surface area contributed by atoms with Crippen LogP contribution >= 0.6 is 0 Å². The van der Waals surface area contributed by atoms with Crippen LogP contribution in [0.1, 0.15) is 33.1 Å². The summed E-state index contributed by atoms with van der Waals surface area (Å²) in [4.78, 5) is 0. The van der Waals surface area contributed by atoms with E-state index >= 15 is 0 Å². The summed E-state index contributed by atoms with van der Waals surface area (Å²) in [7, 11) is 0. The Labute approximate surface area is 97.9 Å². The minimum absolute atomic E-state index is 1.06. The lowest BCUT2D eigenvalue weighted by Crippen LogP contribution is -2.19. The first-order chi connectivity index (χ1) is 7.74. The number of hydrogen-bond acceptors (Lipinski definition) is 1. The lowest BCUT2D eigenvalue weighted by atomic mass is 9.86. The molecule has 84 valence electrons. The quantitative estimate of drug-likeness (QED) is 0.731. The largest absolute Gasteiger partial charge is 0.361 e. The molecule has 0 radical (unpaired) electrons. The van der Waals surface area contributed by atoms with Crippen LogP contribution in [-0.4, -0.2) is 0 Å². The maximum Gasteiger partial charge on any atom is 0.0416 e. The molecule has 0 spiro atoms. The second kappa shape index (κ2) is 4.56. The van der Waals surface area contributed by atoms with E-state index in [1.807, 2.05) is 0 Å². The number of fused-ring (bicyclic) bond motifs is 1. The van der Waals surface area contributed by atoms with Crippen LogP contribution in [0.3, 0.4) is 0 Å². The summed E-state index contributed by atoms with van der Waals surface area (Å²) in [6, 6.07) is 0. The van der Waals surface area contributed by atoms with Gasteiger partial charge < -0.3 is 5.32 Å². The molecule has 0 unspecified atom stereocenters. The standard InChI is InChI=1S/C15H19N/c1-4-7-12-13-8-5-6-9-15(13)16-10-14(12)11(2)3/h7-10,16H,2,4-6H2,1,3H3/b12-7+. The van der Waals surface area contributed by atoms with Crippen molar-refractivity contribution >= 4 is 0 Å². The van der Waals surface area contributed by atoms with E-state index in [0.29, 0.717) is 0 Å². The Morgan fingerprint density at radius 2 is 2.19 bits per heavy atom. The average molecular weight is 213 g/mol. The number of nitrogens with one attached hydrogen (secondary N) is 1. The predicted octanol–water partition coefficient (Wildman–Crippen LogP) is 3.99. The number of rotatable bonds is 2. The maximum absolute atomic E-state index is 4.05. The smallest absolute Gasteiger partial charge is 0.0416 e. The lowest BCUT2D eigenvalue weighted by Gasteiger charge is -2.26. The highest BCUT2D eigenvalue weighted by Gasteiger charge is 2.20. The fraction of sp³-hybridized carbons (Fsp3) is 0.333. The number of hydrogen-bond donors (Lipinski definition) is 1. The van der Waals surface area contributed by atoms with Gasteiger partial charge in [-0.1, -0.05) is 31.7 Å². The maximum atomic E-state index is 4.05. The molecule has 16 heavy (non-hydrogen) atoms. The molecule has 0 aromatic rings. The van der Waals surface area contributed by atoms with E-state index in [4.69, 9.17) is 0 Å². The third kappa shape index (κ3) is 1.90. The molecule has 0 saturated carbocycles. The first-order valence-corrected chi connectivity index (χ1v) is 5.98. The van der Waals surface area contributed by atoms with Crippen molar-refractivity contribution in [3.05, 3.63) is 59.0 Å². The van der Waals surface area contributed by atoms with Gasteiger partial charge >= 0.3 is 0 Å². The van der Waals surface area contributed by atoms with Crippen LogP contribution in [0, 0.1) is 0 Å². The van der Waals surface area contributed by atoms with Crippen molar-refractivity contribution in [3.8, 4) is 0 Å². The fourth-order valence-electron chi connectivity index (χ4n) is 2.22. The summed E-state index contributed by atoms with van der Waals surface area (Å²) >= 11 is 0. The third-order valence-electron chi connectivity index (χ3n) is 2.97. The molecule has 1 aliphatic carbocycles. The van der Waals surface area contributed by atoms with Gasteiger partial charge in [-0.25, -0.2) is 0 Å². The normalized spacial score (nSPS) is 21.6. The van der Waals surface area contributed by atoms with Gasteiger partial charge in [-0.05, 0) is 37.3 Å². The molecule has 0 atom stereocenters. The average Bonchev–Trinajstić information content (AvgIpc) is 2.29. The van der Waals surface area contributed by atoms with Crippen LogP contribution in [-0.2, 0) is 0 Å². The van der Waals surface area contributed by atoms with E-state index in [2.05, 4.69) is 50.2 Å². The Morgan fingerprint density at radius 1 is 1.44 bits per heavy atom. The van der Waals surface area contributed by atoms with Gasteiger partial charge in [0, 0.05) is 23.0 Å². The molecular weight excluding hydrogens is 194 g/mol. The minimum atomic E-state index is 1.06. The van der Waals surface area contributed by atoms with Crippen LogP contribution in [0.5, 0.6) is 0 Å². The predicted molar refractivity (Wildman–Crippen MR) is 69.8 cm³/mol. The molecule has 0 amide bonds. The second-order valence-electron chi connectivity index (χ2n) is 4.32. The highest BCUT2D eigenvalue weighted by Crippen LogP contribution is 2.34. The van der Waals surface area contributed by atoms with Gasteiger partial charge in [0.05, 0.1) is 0 Å². The molecule has 2 rings (SSSR count). The highest BCUT2D eigenvalue weighted by molar-refractivity contribution is 5.64. The lowest BCUT2D eigenvalue weighted by molar-refractivity contribution is 0.915. The minimum Gasteiger partial charge on any atom is -0.361 e. The van der Waals surface area contributed by atoms with Crippen molar-refractivity contribution in [1.29, 1.82) is 0 Å². The van der Waals surface area contributed by atoms with E-state index in [1.54, 1.807) is 0 Å². The molecule has 2 aliphatic rings. The molecule has 1 aliphatic heterocycles. The SMILES string of the molecule is C=C(C)C1=CNC2=CCCC=C2/C1=C\CC. The van der Waals surface area contributed by atoms with Crippen molar-refractivity contribution in [1.82, 2.24) is 5.32 Å². The summed E-state index contributed by atoms with van der Waals surface area (Å²) in [5, 5.41) is 3.37. The number of allylic oxidation sites excluding steroid dienone is 6. The molecule has 1 nitrogen and oxygen atoms in total. The zero-order chi connectivity index (χ0) is 11.5. The van der Waals surface area contributed by atoms with Crippen LogP contribution in [0.15, 0.2) is 59.0 Å². The summed E-state index contributed by atoms with van der Waals surface area (Å²) in [5.74, 6) is 0. The highest BCUT2D eigenvalue weighted by atomic mass is 14.9.